The van der Waals surface area contributed by atoms with Gasteiger partial charge in [0.05, 0.1) is 22.6 Å². The second-order valence-corrected chi connectivity index (χ2v) is 10.1. The minimum absolute atomic E-state index is 0. The molecule has 4 N–H and O–H groups in total. The van der Waals surface area contributed by atoms with Crippen molar-refractivity contribution in [3.63, 3.8) is 0 Å². The van der Waals surface area contributed by atoms with E-state index in [4.69, 9.17) is 15.6 Å². The predicted molar refractivity (Wildman–Crippen MR) is 116 cm³/mol. The zero-order chi connectivity index (χ0) is 26.7. The number of nitrogens with two attached hydrogens (primary N) is 1. The molecule has 2 aromatic carbocycles. The van der Waals surface area contributed by atoms with Crippen LogP contribution in [0.2, 0.25) is 0 Å². The first-order chi connectivity index (χ1) is 16.6. The van der Waals surface area contributed by atoms with Gasteiger partial charge >= 0.3 is 62.6 Å². The number of nitrogen functional groups attached to an aromatic ring is 1. The van der Waals surface area contributed by atoms with Crippen LogP contribution in [0, 0.1) is 5.41 Å². The smallest absolute Gasteiger partial charge is 0.744 e. The van der Waals surface area contributed by atoms with Gasteiger partial charge < -0.3 is 34.3 Å². The average molecular weight is 552 g/mol. The monoisotopic (exact) mass is 552 g/mol. The van der Waals surface area contributed by atoms with Gasteiger partial charge in [-0.25, -0.2) is 21.6 Å². The van der Waals surface area contributed by atoms with Gasteiger partial charge in [-0.2, -0.15) is 0 Å². The molecule has 1 heterocycles. The first kappa shape index (κ1) is 34.5. The number of carboxylic acid groups (broad SMARTS) is 2. The molecular weight excluding hydrogens is 541 g/mol. The van der Waals surface area contributed by atoms with Gasteiger partial charge in [-0.05, 0) is 47.5 Å². The van der Waals surface area contributed by atoms with Crippen molar-refractivity contribution in [3.8, 4) is 22.5 Å². The van der Waals surface area contributed by atoms with Gasteiger partial charge in [0.1, 0.15) is 30.0 Å². The van der Waals surface area contributed by atoms with Crippen molar-refractivity contribution in [3.05, 3.63) is 58.9 Å². The van der Waals surface area contributed by atoms with Crippen molar-refractivity contribution in [1.82, 2.24) is 0 Å². The van der Waals surface area contributed by atoms with E-state index in [2.05, 4.69) is 0 Å². The molecular formula is C21H11Li3N2O11S2. The van der Waals surface area contributed by atoms with E-state index >= 15 is 0 Å². The van der Waals surface area contributed by atoms with E-state index in [1.165, 1.54) is 0 Å². The van der Waals surface area contributed by atoms with Crippen LogP contribution in [0.15, 0.2) is 56.7 Å². The average Bonchev–Trinajstić information content (AvgIpc) is 2.74. The summed E-state index contributed by atoms with van der Waals surface area (Å²) in [5.41, 5.74) is 2.22. The third-order valence-electron chi connectivity index (χ3n) is 5.25. The Morgan fingerprint density at radius 1 is 0.872 bits per heavy atom. The van der Waals surface area contributed by atoms with Crippen LogP contribution in [-0.4, -0.2) is 43.0 Å². The third kappa shape index (κ3) is 6.14. The number of rotatable bonds is 5. The molecule has 0 aromatic heterocycles. The summed E-state index contributed by atoms with van der Waals surface area (Å²) in [6.45, 7) is 0. The van der Waals surface area contributed by atoms with Crippen molar-refractivity contribution in [2.24, 2.45) is 0 Å². The fraction of sp³-hybridized carbons (Fsp3) is 0. The van der Waals surface area contributed by atoms with E-state index in [0.29, 0.717) is 0 Å². The molecule has 0 bridgehead atoms. The van der Waals surface area contributed by atoms with Crippen molar-refractivity contribution in [2.45, 2.75) is 9.79 Å². The molecule has 0 saturated heterocycles. The van der Waals surface area contributed by atoms with Gasteiger partial charge in [-0.1, -0.05) is 6.07 Å². The van der Waals surface area contributed by atoms with Crippen LogP contribution in [0.3, 0.4) is 0 Å². The van der Waals surface area contributed by atoms with Crippen LogP contribution in [0.1, 0.15) is 20.7 Å². The molecule has 39 heavy (non-hydrogen) atoms. The van der Waals surface area contributed by atoms with E-state index in [0.717, 1.165) is 42.5 Å². The van der Waals surface area contributed by atoms with Gasteiger partial charge in [0, 0.05) is 16.5 Å². The minimum atomic E-state index is -5.44. The fourth-order valence-corrected chi connectivity index (χ4v) is 5.30. The Balaban J connectivity index is 0.00000253. The molecule has 4 rings (SSSR count). The van der Waals surface area contributed by atoms with Gasteiger partial charge in [-0.15, -0.1) is 0 Å². The summed E-state index contributed by atoms with van der Waals surface area (Å²) in [5.74, 6) is -4.13. The Labute approximate surface area is 256 Å². The predicted octanol–water partition coefficient (Wildman–Crippen LogP) is -8.85. The number of fused-ring (bicyclic) bond motifs is 2. The van der Waals surface area contributed by atoms with Crippen molar-refractivity contribution >= 4 is 48.8 Å². The van der Waals surface area contributed by atoms with Gasteiger partial charge in [0.15, 0.2) is 11.3 Å². The number of hydrogen-bond acceptors (Lipinski definition) is 12. The maximum atomic E-state index is 12.0. The van der Waals surface area contributed by atoms with Crippen LogP contribution in [0.25, 0.3) is 33.4 Å². The number of nitrogens with one attached hydrogen (secondary N) is 1. The molecule has 13 nitrogen and oxygen atoms in total. The first-order valence-corrected chi connectivity index (χ1v) is 12.3. The summed E-state index contributed by atoms with van der Waals surface area (Å²) in [6, 6.07) is 6.82. The summed E-state index contributed by atoms with van der Waals surface area (Å²) in [5, 5.41) is 28.0. The topological polar surface area (TPSA) is 255 Å². The number of benzene rings is 3. The van der Waals surface area contributed by atoms with Gasteiger partial charge in [0.2, 0.25) is 0 Å². The van der Waals surface area contributed by atoms with Crippen LogP contribution in [0.4, 0.5) is 5.69 Å². The zero-order valence-corrected chi connectivity index (χ0v) is 22.1. The fourth-order valence-electron chi connectivity index (χ4n) is 3.84. The Morgan fingerprint density at radius 3 is 1.97 bits per heavy atom. The van der Waals surface area contributed by atoms with Crippen LogP contribution >= 0.6 is 0 Å². The maximum Gasteiger partial charge on any atom is 1.00 e. The van der Waals surface area contributed by atoms with Crippen LogP contribution in [0.5, 0.6) is 0 Å². The molecule has 0 saturated carbocycles. The Hall–Kier alpha value is -2.52. The molecule has 0 spiro atoms. The molecule has 0 unspecified atom stereocenters. The summed E-state index contributed by atoms with van der Waals surface area (Å²) in [4.78, 5) is 21.1. The van der Waals surface area contributed by atoms with Gasteiger partial charge in [0.25, 0.3) is 0 Å². The molecule has 0 radical (unpaired) electrons. The summed E-state index contributed by atoms with van der Waals surface area (Å²) in [6.07, 6.45) is 0. The second kappa shape index (κ2) is 11.9. The molecule has 1 aliphatic carbocycles. The minimum Gasteiger partial charge on any atom is -0.744 e. The third-order valence-corrected chi connectivity index (χ3v) is 7.08. The van der Waals surface area contributed by atoms with Gasteiger partial charge in [-0.3, -0.25) is 5.41 Å². The molecule has 0 amide bonds. The zero-order valence-electron chi connectivity index (χ0n) is 20.5. The number of aromatic carboxylic acids is 2. The standard InChI is InChI=1S/C21H14N2O11S2.3Li/c22-13-5-3-10-15(12-7-8(20(24)25)1-2-9(12)21(26)27)11-4-6-14(23)19(36(31,32)33)17(11)34-16(10)18(13)35(28,29)30;;;/h1-7,22H,23H2,(H,24,25)(H,26,27)(H,28,29,30)(H,31,32,33);;;/q;3*+1/p-3. The summed E-state index contributed by atoms with van der Waals surface area (Å²) < 4.78 is 77.5. The molecule has 18 heteroatoms. The van der Waals surface area contributed by atoms with Crippen molar-refractivity contribution < 1.29 is 107 Å². The Morgan fingerprint density at radius 2 is 1.46 bits per heavy atom. The van der Waals surface area contributed by atoms with Crippen LogP contribution in [-0.2, 0) is 20.2 Å². The number of anilines is 1. The molecule has 1 aliphatic heterocycles. The van der Waals surface area contributed by atoms with E-state index in [9.17, 15) is 45.7 Å². The SMILES string of the molecule is N=c1ccc2c(-c3cc(C(=O)[O-])ccc3C(=O)O)c3ccc(N)c(S(=O)(=O)[O-])c3oc-2c1S(=O)(=O)[O-].[Li+].[Li+].[Li+]. The van der Waals surface area contributed by atoms with E-state index in [1.807, 2.05) is 0 Å². The molecule has 0 fully saturated rings. The van der Waals surface area contributed by atoms with E-state index < -0.39 is 75.5 Å². The quantitative estimate of drug-likeness (QED) is 0.0903. The van der Waals surface area contributed by atoms with Crippen molar-refractivity contribution in [2.75, 3.05) is 5.73 Å². The Bertz CT molecular complexity index is 1890. The molecule has 0 atom stereocenters. The Kier molecular flexibility index (Phi) is 10.6. The van der Waals surface area contributed by atoms with E-state index in [1.54, 1.807) is 0 Å². The largest absolute Gasteiger partial charge is 1.00 e. The second-order valence-electron chi connectivity index (χ2n) is 7.42. The number of carbonyl (C=O) groups is 2. The molecule has 2 aromatic rings. The molecule has 186 valence electrons. The number of carbonyl (C=O) groups excluding carboxylic acids is 1. The molecule has 2 aliphatic rings. The summed E-state index contributed by atoms with van der Waals surface area (Å²) in [7, 11) is -10.8. The maximum absolute atomic E-state index is 12.0. The summed E-state index contributed by atoms with van der Waals surface area (Å²) >= 11 is 0. The van der Waals surface area contributed by atoms with Crippen LogP contribution < -0.4 is 72.8 Å². The number of carboxylic acids is 2. The first-order valence-electron chi connectivity index (χ1n) is 9.50. The van der Waals surface area contributed by atoms with E-state index in [-0.39, 0.29) is 78.7 Å². The van der Waals surface area contributed by atoms with Crippen molar-refractivity contribution in [1.29, 1.82) is 5.41 Å². The normalized spacial score (nSPS) is 11.2. The number of hydrogen-bond donors (Lipinski definition) is 3.